The molecule has 1 aromatic carbocycles. The Bertz CT molecular complexity index is 812. The molecule has 0 aliphatic heterocycles. The maximum atomic E-state index is 5.70. The van der Waals surface area contributed by atoms with E-state index in [9.17, 15) is 0 Å². The second-order valence-electron chi connectivity index (χ2n) is 5.35. The molecule has 3 rings (SSSR count). The molecule has 0 spiro atoms. The van der Waals surface area contributed by atoms with Gasteiger partial charge >= 0.3 is 0 Å². The van der Waals surface area contributed by atoms with E-state index in [0.717, 1.165) is 52.1 Å². The summed E-state index contributed by atoms with van der Waals surface area (Å²) in [6, 6.07) is 5.92. The standard InChI is InChI=1S/C17H22N4O2S/c1-4-7-8-15-18-19-17-21(15)20-16(24-17)12-9-10-13(22-5-2)14(11-12)23-6-3/h9-11H,4-8H2,1-3H3. The van der Waals surface area contributed by atoms with Gasteiger partial charge in [-0.3, -0.25) is 0 Å². The van der Waals surface area contributed by atoms with Gasteiger partial charge in [0.05, 0.1) is 13.2 Å². The van der Waals surface area contributed by atoms with Gasteiger partial charge in [-0.15, -0.1) is 10.2 Å². The number of nitrogens with zero attached hydrogens (tertiary/aromatic N) is 4. The lowest BCUT2D eigenvalue weighted by Crippen LogP contribution is -1.99. The summed E-state index contributed by atoms with van der Waals surface area (Å²) in [6.07, 6.45) is 3.11. The summed E-state index contributed by atoms with van der Waals surface area (Å²) >= 11 is 1.53. The van der Waals surface area contributed by atoms with E-state index in [1.165, 1.54) is 11.3 Å². The molecule has 0 aliphatic carbocycles. The van der Waals surface area contributed by atoms with Crippen molar-refractivity contribution in [2.45, 2.75) is 40.0 Å². The van der Waals surface area contributed by atoms with Crippen LogP contribution in [-0.2, 0) is 6.42 Å². The number of hydrogen-bond donors (Lipinski definition) is 0. The summed E-state index contributed by atoms with van der Waals surface area (Å²) in [4.78, 5) is 0.822. The molecule has 0 unspecified atom stereocenters. The highest BCUT2D eigenvalue weighted by Gasteiger charge is 2.14. The zero-order chi connectivity index (χ0) is 16.9. The highest BCUT2D eigenvalue weighted by atomic mass is 32.1. The van der Waals surface area contributed by atoms with Gasteiger partial charge in [-0.2, -0.15) is 9.61 Å². The van der Waals surface area contributed by atoms with E-state index in [1.807, 2.05) is 36.6 Å². The van der Waals surface area contributed by atoms with E-state index in [-0.39, 0.29) is 0 Å². The van der Waals surface area contributed by atoms with Crippen molar-refractivity contribution in [3.63, 3.8) is 0 Å². The van der Waals surface area contributed by atoms with Crippen molar-refractivity contribution in [2.75, 3.05) is 13.2 Å². The lowest BCUT2D eigenvalue weighted by molar-refractivity contribution is 0.288. The Hall–Kier alpha value is -2.15. The lowest BCUT2D eigenvalue weighted by Gasteiger charge is -2.11. The molecule has 0 radical (unpaired) electrons. The van der Waals surface area contributed by atoms with Gasteiger partial charge in [0.1, 0.15) is 5.01 Å². The Morgan fingerprint density at radius 1 is 1.04 bits per heavy atom. The first-order valence-corrected chi connectivity index (χ1v) is 9.19. The molecular weight excluding hydrogens is 324 g/mol. The second kappa shape index (κ2) is 7.61. The molecule has 0 fully saturated rings. The Kier molecular flexibility index (Phi) is 5.30. The molecule has 7 heteroatoms. The molecule has 2 heterocycles. The summed E-state index contributed by atoms with van der Waals surface area (Å²) < 4.78 is 13.2. The Balaban J connectivity index is 1.94. The summed E-state index contributed by atoms with van der Waals surface area (Å²) in [5.74, 6) is 2.43. The van der Waals surface area contributed by atoms with Crippen molar-refractivity contribution >= 4 is 16.3 Å². The first-order chi connectivity index (χ1) is 11.8. The van der Waals surface area contributed by atoms with Gasteiger partial charge in [-0.25, -0.2) is 0 Å². The van der Waals surface area contributed by atoms with Crippen LogP contribution in [0.4, 0.5) is 0 Å². The molecule has 3 aromatic rings. The number of benzene rings is 1. The molecule has 0 atom stereocenters. The minimum atomic E-state index is 0.593. The van der Waals surface area contributed by atoms with Gasteiger partial charge in [-0.1, -0.05) is 24.7 Å². The van der Waals surface area contributed by atoms with E-state index >= 15 is 0 Å². The van der Waals surface area contributed by atoms with Crippen LogP contribution in [0.2, 0.25) is 0 Å². The van der Waals surface area contributed by atoms with Crippen molar-refractivity contribution in [3.8, 4) is 22.1 Å². The Labute approximate surface area is 145 Å². The number of rotatable bonds is 8. The first kappa shape index (κ1) is 16.7. The van der Waals surface area contributed by atoms with Crippen molar-refractivity contribution in [2.24, 2.45) is 0 Å². The third-order valence-corrected chi connectivity index (χ3v) is 4.55. The SMILES string of the molecule is CCCCc1nnc2sc(-c3ccc(OCC)c(OCC)c3)nn12. The predicted octanol–water partition coefficient (Wildman–Crippen LogP) is 3.99. The van der Waals surface area contributed by atoms with Crippen molar-refractivity contribution < 1.29 is 9.47 Å². The molecule has 0 N–H and O–H groups in total. The second-order valence-corrected chi connectivity index (χ2v) is 6.30. The summed E-state index contributed by atoms with van der Waals surface area (Å²) in [5.41, 5.74) is 0.999. The monoisotopic (exact) mass is 346 g/mol. The van der Waals surface area contributed by atoms with E-state index in [1.54, 1.807) is 0 Å². The minimum absolute atomic E-state index is 0.593. The van der Waals surface area contributed by atoms with Crippen molar-refractivity contribution in [3.05, 3.63) is 24.0 Å². The van der Waals surface area contributed by atoms with Crippen molar-refractivity contribution in [1.29, 1.82) is 0 Å². The number of hydrogen-bond acceptors (Lipinski definition) is 6. The maximum Gasteiger partial charge on any atom is 0.234 e. The van der Waals surface area contributed by atoms with E-state index < -0.39 is 0 Å². The quantitative estimate of drug-likeness (QED) is 0.617. The average molecular weight is 346 g/mol. The first-order valence-electron chi connectivity index (χ1n) is 8.37. The molecule has 6 nitrogen and oxygen atoms in total. The van der Waals surface area contributed by atoms with E-state index in [2.05, 4.69) is 22.2 Å². The van der Waals surface area contributed by atoms with Gasteiger partial charge < -0.3 is 9.47 Å². The molecule has 128 valence electrons. The number of aromatic nitrogens is 4. The smallest absolute Gasteiger partial charge is 0.234 e. The lowest BCUT2D eigenvalue weighted by atomic mass is 10.2. The number of ether oxygens (including phenoxy) is 2. The van der Waals surface area contributed by atoms with Gasteiger partial charge in [0.15, 0.2) is 17.3 Å². The normalized spacial score (nSPS) is 11.1. The molecular formula is C17H22N4O2S. The van der Waals surface area contributed by atoms with E-state index in [4.69, 9.17) is 9.47 Å². The van der Waals surface area contributed by atoms with E-state index in [0.29, 0.717) is 13.2 Å². The third kappa shape index (κ3) is 3.36. The van der Waals surface area contributed by atoms with Gasteiger partial charge in [0.2, 0.25) is 4.96 Å². The topological polar surface area (TPSA) is 61.5 Å². The minimum Gasteiger partial charge on any atom is -0.490 e. The zero-order valence-electron chi connectivity index (χ0n) is 14.3. The summed E-state index contributed by atoms with van der Waals surface area (Å²) in [5, 5.41) is 14.1. The van der Waals surface area contributed by atoms with Crippen LogP contribution in [0.15, 0.2) is 18.2 Å². The van der Waals surface area contributed by atoms with Crippen LogP contribution in [0.5, 0.6) is 11.5 Å². The predicted molar refractivity (Wildman–Crippen MR) is 95.0 cm³/mol. The summed E-state index contributed by atoms with van der Waals surface area (Å²) in [7, 11) is 0. The fourth-order valence-electron chi connectivity index (χ4n) is 2.45. The molecule has 0 aliphatic rings. The molecule has 0 amide bonds. The van der Waals surface area contributed by atoms with Gasteiger partial charge in [0, 0.05) is 12.0 Å². The fourth-order valence-corrected chi connectivity index (χ4v) is 3.30. The highest BCUT2D eigenvalue weighted by Crippen LogP contribution is 2.34. The number of fused-ring (bicyclic) bond motifs is 1. The third-order valence-electron chi connectivity index (χ3n) is 3.60. The van der Waals surface area contributed by atoms with Crippen LogP contribution >= 0.6 is 11.3 Å². The van der Waals surface area contributed by atoms with Crippen LogP contribution in [0.3, 0.4) is 0 Å². The van der Waals surface area contributed by atoms with Gasteiger partial charge in [0.25, 0.3) is 0 Å². The van der Waals surface area contributed by atoms with Crippen LogP contribution in [0.25, 0.3) is 15.5 Å². The zero-order valence-corrected chi connectivity index (χ0v) is 15.1. The Morgan fingerprint density at radius 3 is 2.58 bits per heavy atom. The number of unbranched alkanes of at least 4 members (excludes halogenated alkanes) is 1. The largest absolute Gasteiger partial charge is 0.490 e. The van der Waals surface area contributed by atoms with Crippen LogP contribution < -0.4 is 9.47 Å². The molecule has 2 aromatic heterocycles. The highest BCUT2D eigenvalue weighted by molar-refractivity contribution is 7.19. The van der Waals surface area contributed by atoms with Crippen molar-refractivity contribution in [1.82, 2.24) is 19.8 Å². The van der Waals surface area contributed by atoms with Crippen LogP contribution in [-0.4, -0.2) is 33.0 Å². The summed E-state index contributed by atoms with van der Waals surface area (Å²) in [6.45, 7) is 7.29. The number of aryl methyl sites for hydroxylation is 1. The maximum absolute atomic E-state index is 5.70. The van der Waals surface area contributed by atoms with Crippen LogP contribution in [0.1, 0.15) is 39.4 Å². The average Bonchev–Trinajstić information content (AvgIpc) is 3.16. The molecule has 24 heavy (non-hydrogen) atoms. The molecule has 0 bridgehead atoms. The Morgan fingerprint density at radius 2 is 1.83 bits per heavy atom. The fraction of sp³-hybridized carbons (Fsp3) is 0.471. The molecule has 0 saturated heterocycles. The molecule has 0 saturated carbocycles. The van der Waals surface area contributed by atoms with Gasteiger partial charge in [-0.05, 0) is 38.5 Å². The van der Waals surface area contributed by atoms with Crippen LogP contribution in [0, 0.1) is 0 Å².